The molecular formula is C24H20N4O2. The highest BCUT2D eigenvalue weighted by Crippen LogP contribution is 2.56. The number of nitrogens with zero attached hydrogens (tertiary/aromatic N) is 3. The lowest BCUT2D eigenvalue weighted by molar-refractivity contribution is -0.124. The number of allylic oxidation sites excluding steroid dienone is 1. The minimum Gasteiger partial charge on any atom is -0.384 e. The average molecular weight is 396 g/mol. The van der Waals surface area contributed by atoms with E-state index >= 15 is 0 Å². The number of likely N-dealkylation sites (N-methyl/N-ethyl adjacent to an activating group) is 1. The summed E-state index contributed by atoms with van der Waals surface area (Å²) in [5.74, 6) is -0.204. The summed E-state index contributed by atoms with van der Waals surface area (Å²) in [5, 5.41) is 10.2. The van der Waals surface area contributed by atoms with Gasteiger partial charge >= 0.3 is 0 Å². The van der Waals surface area contributed by atoms with Crippen molar-refractivity contribution < 1.29 is 9.59 Å². The molecule has 1 amide bonds. The highest BCUT2D eigenvalue weighted by atomic mass is 16.2. The summed E-state index contributed by atoms with van der Waals surface area (Å²) in [7, 11) is 1.68. The van der Waals surface area contributed by atoms with Crippen molar-refractivity contribution in [2.75, 3.05) is 16.8 Å². The number of para-hydroxylation sites is 2. The maximum atomic E-state index is 13.8. The van der Waals surface area contributed by atoms with Crippen LogP contribution in [0.4, 0.5) is 11.4 Å². The Balaban J connectivity index is 1.91. The van der Waals surface area contributed by atoms with Crippen molar-refractivity contribution in [1.82, 2.24) is 0 Å². The van der Waals surface area contributed by atoms with Crippen molar-refractivity contribution in [3.05, 3.63) is 82.8 Å². The molecule has 2 aromatic rings. The number of nitriles is 1. The zero-order valence-corrected chi connectivity index (χ0v) is 16.6. The molecule has 2 aliphatic heterocycles. The maximum Gasteiger partial charge on any atom is 0.247 e. The Bertz CT molecular complexity index is 1210. The molecule has 2 N–H and O–H groups in total. The van der Waals surface area contributed by atoms with Crippen LogP contribution in [0.3, 0.4) is 0 Å². The van der Waals surface area contributed by atoms with Crippen LogP contribution in [-0.2, 0) is 15.0 Å². The maximum absolute atomic E-state index is 13.8. The summed E-state index contributed by atoms with van der Waals surface area (Å²) in [6.07, 6.45) is 1.63. The fourth-order valence-electron chi connectivity index (χ4n) is 5.11. The lowest BCUT2D eigenvalue weighted by Gasteiger charge is -2.43. The molecule has 0 radical (unpaired) electrons. The number of anilines is 2. The Kier molecular flexibility index (Phi) is 3.84. The van der Waals surface area contributed by atoms with Gasteiger partial charge in [0.15, 0.2) is 5.78 Å². The van der Waals surface area contributed by atoms with Crippen molar-refractivity contribution in [2.24, 2.45) is 5.73 Å². The summed E-state index contributed by atoms with van der Waals surface area (Å²) in [5.41, 5.74) is 8.45. The van der Waals surface area contributed by atoms with E-state index in [2.05, 4.69) is 6.07 Å². The molecule has 0 saturated carbocycles. The standard InChI is InChI=1S/C24H20N4O2/c1-27-18-11-6-5-10-16(18)24(23(27)30)17(14-25)22(26)28(15-8-3-2-4-9-15)19-12-7-13-20(29)21(19)24/h2-6,8-11H,7,12-13,26H2,1H3/t24-/m0/s1. The van der Waals surface area contributed by atoms with E-state index in [1.807, 2.05) is 54.6 Å². The van der Waals surface area contributed by atoms with E-state index < -0.39 is 5.41 Å². The van der Waals surface area contributed by atoms with Crippen LogP contribution in [0.5, 0.6) is 0 Å². The van der Waals surface area contributed by atoms with Crippen LogP contribution in [0.25, 0.3) is 0 Å². The zero-order chi connectivity index (χ0) is 21.0. The number of amides is 1. The summed E-state index contributed by atoms with van der Waals surface area (Å²) in [4.78, 5) is 30.5. The number of hydrogen-bond donors (Lipinski definition) is 1. The normalized spacial score (nSPS) is 23.1. The molecule has 0 unspecified atom stereocenters. The van der Waals surface area contributed by atoms with Crippen LogP contribution >= 0.6 is 0 Å². The molecule has 2 aromatic carbocycles. The highest BCUT2D eigenvalue weighted by molar-refractivity contribution is 6.20. The van der Waals surface area contributed by atoms with E-state index in [1.165, 1.54) is 4.90 Å². The first-order chi connectivity index (χ1) is 14.5. The first kappa shape index (κ1) is 18.2. The zero-order valence-electron chi connectivity index (χ0n) is 16.6. The van der Waals surface area contributed by atoms with E-state index in [-0.39, 0.29) is 23.1 Å². The summed E-state index contributed by atoms with van der Waals surface area (Å²) >= 11 is 0. The summed E-state index contributed by atoms with van der Waals surface area (Å²) in [6, 6.07) is 19.0. The van der Waals surface area contributed by atoms with Gasteiger partial charge in [-0.05, 0) is 31.0 Å². The number of nitrogens with two attached hydrogens (primary N) is 1. The van der Waals surface area contributed by atoms with Crippen molar-refractivity contribution in [3.8, 4) is 6.07 Å². The Morgan fingerprint density at radius 2 is 1.73 bits per heavy atom. The Morgan fingerprint density at radius 1 is 1.03 bits per heavy atom. The van der Waals surface area contributed by atoms with Gasteiger partial charge in [0.05, 0.1) is 5.57 Å². The lowest BCUT2D eigenvalue weighted by atomic mass is 9.64. The van der Waals surface area contributed by atoms with Crippen LogP contribution in [0.2, 0.25) is 0 Å². The summed E-state index contributed by atoms with van der Waals surface area (Å²) in [6.45, 7) is 0. The number of carbonyl (C=O) groups is 2. The Labute approximate surface area is 174 Å². The fourth-order valence-corrected chi connectivity index (χ4v) is 5.11. The third kappa shape index (κ3) is 2.07. The number of benzene rings is 2. The predicted octanol–water partition coefficient (Wildman–Crippen LogP) is 3.12. The molecule has 1 spiro atoms. The second-order valence-electron chi connectivity index (χ2n) is 7.77. The van der Waals surface area contributed by atoms with Gasteiger partial charge in [-0.15, -0.1) is 0 Å². The quantitative estimate of drug-likeness (QED) is 0.800. The average Bonchev–Trinajstić information content (AvgIpc) is 2.98. The molecule has 3 aliphatic rings. The van der Waals surface area contributed by atoms with Gasteiger partial charge in [0, 0.05) is 41.7 Å². The minimum absolute atomic E-state index is 0.101. The van der Waals surface area contributed by atoms with Crippen LogP contribution in [-0.4, -0.2) is 18.7 Å². The molecule has 0 saturated heterocycles. The van der Waals surface area contributed by atoms with Gasteiger partial charge < -0.3 is 10.6 Å². The highest BCUT2D eigenvalue weighted by Gasteiger charge is 2.61. The molecule has 5 rings (SSSR count). The van der Waals surface area contributed by atoms with Gasteiger partial charge in [0.25, 0.3) is 0 Å². The molecule has 1 atom stereocenters. The van der Waals surface area contributed by atoms with E-state index in [1.54, 1.807) is 11.9 Å². The van der Waals surface area contributed by atoms with Gasteiger partial charge in [-0.3, -0.25) is 14.5 Å². The third-order valence-corrected chi connectivity index (χ3v) is 6.32. The van der Waals surface area contributed by atoms with E-state index in [0.29, 0.717) is 41.8 Å². The Morgan fingerprint density at radius 3 is 2.47 bits per heavy atom. The van der Waals surface area contributed by atoms with Crippen molar-refractivity contribution >= 4 is 23.1 Å². The number of fused-ring (bicyclic) bond motifs is 3. The second kappa shape index (κ2) is 6.33. The molecule has 30 heavy (non-hydrogen) atoms. The van der Waals surface area contributed by atoms with Crippen LogP contribution in [0, 0.1) is 11.3 Å². The van der Waals surface area contributed by atoms with Crippen LogP contribution in [0.15, 0.2) is 77.3 Å². The predicted molar refractivity (Wildman–Crippen MR) is 113 cm³/mol. The molecule has 6 nitrogen and oxygen atoms in total. The van der Waals surface area contributed by atoms with Gasteiger partial charge in [-0.25, -0.2) is 0 Å². The number of rotatable bonds is 1. The van der Waals surface area contributed by atoms with E-state index in [9.17, 15) is 14.9 Å². The van der Waals surface area contributed by atoms with Crippen LogP contribution < -0.4 is 15.5 Å². The van der Waals surface area contributed by atoms with Crippen molar-refractivity contribution in [3.63, 3.8) is 0 Å². The number of ketones is 1. The number of Topliss-reactive ketones (excluding diaryl/α,β-unsaturated/α-hetero) is 1. The molecule has 2 heterocycles. The molecule has 6 heteroatoms. The minimum atomic E-state index is -1.48. The SMILES string of the molecule is CN1C(=O)[C@]2(C(C#N)=C(N)N(c3ccccc3)C3=C2C(=O)CCC3)c2ccccc21. The molecule has 148 valence electrons. The smallest absolute Gasteiger partial charge is 0.247 e. The fraction of sp³-hybridized carbons (Fsp3) is 0.208. The van der Waals surface area contributed by atoms with E-state index in [0.717, 1.165) is 5.69 Å². The largest absolute Gasteiger partial charge is 0.384 e. The van der Waals surface area contributed by atoms with Gasteiger partial charge in [-0.2, -0.15) is 5.26 Å². The molecule has 0 bridgehead atoms. The first-order valence-electron chi connectivity index (χ1n) is 9.93. The molecule has 0 aromatic heterocycles. The second-order valence-corrected chi connectivity index (χ2v) is 7.77. The van der Waals surface area contributed by atoms with E-state index in [4.69, 9.17) is 5.73 Å². The third-order valence-electron chi connectivity index (χ3n) is 6.32. The van der Waals surface area contributed by atoms with Gasteiger partial charge in [-0.1, -0.05) is 36.4 Å². The molecule has 0 fully saturated rings. The number of carbonyl (C=O) groups excluding carboxylic acids is 2. The van der Waals surface area contributed by atoms with Crippen molar-refractivity contribution in [1.29, 1.82) is 5.26 Å². The Hall–Kier alpha value is -3.85. The summed E-state index contributed by atoms with van der Waals surface area (Å²) < 4.78 is 0. The van der Waals surface area contributed by atoms with Gasteiger partial charge in [0.1, 0.15) is 17.3 Å². The topological polar surface area (TPSA) is 90.4 Å². The lowest BCUT2D eigenvalue weighted by Crippen LogP contribution is -2.52. The number of hydrogen-bond acceptors (Lipinski definition) is 5. The molecule has 1 aliphatic carbocycles. The van der Waals surface area contributed by atoms with Crippen molar-refractivity contribution in [2.45, 2.75) is 24.7 Å². The van der Waals surface area contributed by atoms with Gasteiger partial charge in [0.2, 0.25) is 5.91 Å². The van der Waals surface area contributed by atoms with Crippen LogP contribution in [0.1, 0.15) is 24.8 Å². The first-order valence-corrected chi connectivity index (χ1v) is 9.93. The molecular weight excluding hydrogens is 376 g/mol. The monoisotopic (exact) mass is 396 g/mol.